The Morgan fingerprint density at radius 3 is 2.68 bits per heavy atom. The average Bonchev–Trinajstić information content (AvgIpc) is 2.44. The number of hydrogen-bond donors (Lipinski definition) is 1. The average molecular weight is 251 g/mol. The summed E-state index contributed by atoms with van der Waals surface area (Å²) in [7, 11) is 0. The van der Waals surface area contributed by atoms with E-state index in [-0.39, 0.29) is 0 Å². The lowest BCUT2D eigenvalue weighted by atomic mass is 10.1. The third kappa shape index (κ3) is 3.79. The lowest BCUT2D eigenvalue weighted by molar-refractivity contribution is 0.316. The molecule has 0 fully saturated rings. The van der Waals surface area contributed by atoms with Crippen LogP contribution in [0.1, 0.15) is 24.5 Å². The maximum Gasteiger partial charge on any atom is 0.134 e. The summed E-state index contributed by atoms with van der Waals surface area (Å²) >= 11 is 0. The van der Waals surface area contributed by atoms with Gasteiger partial charge in [0, 0.05) is 11.3 Å². The summed E-state index contributed by atoms with van der Waals surface area (Å²) in [6.45, 7) is 2.79. The van der Waals surface area contributed by atoms with Crippen LogP contribution >= 0.6 is 0 Å². The van der Waals surface area contributed by atoms with Gasteiger partial charge in [-0.15, -0.1) is 0 Å². The summed E-state index contributed by atoms with van der Waals surface area (Å²) in [6, 6.07) is 15.4. The van der Waals surface area contributed by atoms with E-state index in [9.17, 15) is 0 Å². The Labute approximate surface area is 114 Å². The molecule has 0 atom stereocenters. The van der Waals surface area contributed by atoms with Crippen molar-refractivity contribution < 1.29 is 4.74 Å². The second-order valence-electron chi connectivity index (χ2n) is 4.22. The minimum Gasteiger partial charge on any atom is -0.492 e. The monoisotopic (exact) mass is 251 g/mol. The Hall–Kier alpha value is -2.40. The topological polar surface area (TPSA) is 35.2 Å². The van der Waals surface area contributed by atoms with Gasteiger partial charge in [-0.25, -0.2) is 0 Å². The fourth-order valence-electron chi connectivity index (χ4n) is 1.66. The SMILES string of the molecule is CCCOc1ccccc1C#Cc1cccc(N)c1. The van der Waals surface area contributed by atoms with Gasteiger partial charge in [-0.3, -0.25) is 0 Å². The maximum absolute atomic E-state index is 5.73. The second-order valence-corrected chi connectivity index (χ2v) is 4.22. The summed E-state index contributed by atoms with van der Waals surface area (Å²) in [6.07, 6.45) is 0.983. The number of nitrogens with two attached hydrogens (primary N) is 1. The van der Waals surface area contributed by atoms with Crippen molar-refractivity contribution in [2.75, 3.05) is 12.3 Å². The van der Waals surface area contributed by atoms with Crippen LogP contribution in [0.5, 0.6) is 5.75 Å². The van der Waals surface area contributed by atoms with Gasteiger partial charge in [0.1, 0.15) is 5.75 Å². The largest absolute Gasteiger partial charge is 0.492 e. The first-order valence-corrected chi connectivity index (χ1v) is 6.39. The van der Waals surface area contributed by atoms with Crippen LogP contribution in [0.2, 0.25) is 0 Å². The van der Waals surface area contributed by atoms with E-state index < -0.39 is 0 Å². The normalized spacial score (nSPS) is 9.53. The molecule has 2 rings (SSSR count). The van der Waals surface area contributed by atoms with Gasteiger partial charge in [0.25, 0.3) is 0 Å². The zero-order valence-electron chi connectivity index (χ0n) is 11.0. The van der Waals surface area contributed by atoms with Crippen LogP contribution in [0.4, 0.5) is 5.69 Å². The van der Waals surface area contributed by atoms with E-state index >= 15 is 0 Å². The number of para-hydroxylation sites is 1. The van der Waals surface area contributed by atoms with E-state index in [1.54, 1.807) is 0 Å². The molecule has 0 unspecified atom stereocenters. The van der Waals surface area contributed by atoms with E-state index in [1.807, 2.05) is 48.5 Å². The van der Waals surface area contributed by atoms with Crippen molar-refractivity contribution in [3.63, 3.8) is 0 Å². The zero-order valence-corrected chi connectivity index (χ0v) is 11.0. The molecule has 19 heavy (non-hydrogen) atoms. The Morgan fingerprint density at radius 1 is 1.05 bits per heavy atom. The summed E-state index contributed by atoms with van der Waals surface area (Å²) in [5.74, 6) is 7.08. The van der Waals surface area contributed by atoms with Crippen molar-refractivity contribution in [3.05, 3.63) is 59.7 Å². The lowest BCUT2D eigenvalue weighted by Gasteiger charge is -2.06. The zero-order chi connectivity index (χ0) is 13.5. The van der Waals surface area contributed by atoms with E-state index in [4.69, 9.17) is 10.5 Å². The van der Waals surface area contributed by atoms with Crippen LogP contribution in [0, 0.1) is 11.8 Å². The van der Waals surface area contributed by atoms with Crippen molar-refractivity contribution in [1.82, 2.24) is 0 Å². The molecule has 0 amide bonds. The molecule has 0 saturated carbocycles. The Bertz CT molecular complexity index is 608. The van der Waals surface area contributed by atoms with Crippen molar-refractivity contribution >= 4 is 5.69 Å². The van der Waals surface area contributed by atoms with Gasteiger partial charge in [-0.1, -0.05) is 37.0 Å². The molecule has 0 heterocycles. The third-order valence-corrected chi connectivity index (χ3v) is 2.58. The van der Waals surface area contributed by atoms with E-state index in [0.29, 0.717) is 6.61 Å². The first-order chi connectivity index (χ1) is 9.29. The quantitative estimate of drug-likeness (QED) is 0.669. The van der Waals surface area contributed by atoms with E-state index in [0.717, 1.165) is 29.0 Å². The molecule has 0 aromatic heterocycles. The van der Waals surface area contributed by atoms with Gasteiger partial charge in [0.2, 0.25) is 0 Å². The molecule has 2 nitrogen and oxygen atoms in total. The minimum atomic E-state index is 0.705. The molecule has 2 aromatic carbocycles. The smallest absolute Gasteiger partial charge is 0.134 e. The van der Waals surface area contributed by atoms with Gasteiger partial charge >= 0.3 is 0 Å². The van der Waals surface area contributed by atoms with Crippen molar-refractivity contribution in [2.45, 2.75) is 13.3 Å². The first kappa shape index (κ1) is 13.0. The number of anilines is 1. The van der Waals surface area contributed by atoms with Crippen LogP contribution in [0.3, 0.4) is 0 Å². The molecular formula is C17H17NO. The van der Waals surface area contributed by atoms with Gasteiger partial charge in [-0.2, -0.15) is 0 Å². The molecular weight excluding hydrogens is 234 g/mol. The fourth-order valence-corrected chi connectivity index (χ4v) is 1.66. The van der Waals surface area contributed by atoms with Crippen LogP contribution in [-0.4, -0.2) is 6.61 Å². The summed E-state index contributed by atoms with van der Waals surface area (Å²) in [5, 5.41) is 0. The lowest BCUT2D eigenvalue weighted by Crippen LogP contribution is -1.96. The minimum absolute atomic E-state index is 0.705. The number of benzene rings is 2. The molecule has 0 aliphatic carbocycles. The predicted octanol–water partition coefficient (Wildman–Crippen LogP) is 3.46. The predicted molar refractivity (Wildman–Crippen MR) is 79.1 cm³/mol. The molecule has 0 radical (unpaired) electrons. The van der Waals surface area contributed by atoms with Gasteiger partial charge in [0.15, 0.2) is 0 Å². The Morgan fingerprint density at radius 2 is 1.89 bits per heavy atom. The van der Waals surface area contributed by atoms with E-state index in [1.165, 1.54) is 0 Å². The van der Waals surface area contributed by atoms with Gasteiger partial charge < -0.3 is 10.5 Å². The summed E-state index contributed by atoms with van der Waals surface area (Å²) < 4.78 is 5.67. The number of rotatable bonds is 3. The third-order valence-electron chi connectivity index (χ3n) is 2.58. The van der Waals surface area contributed by atoms with Crippen molar-refractivity contribution in [1.29, 1.82) is 0 Å². The Balaban J connectivity index is 2.24. The highest BCUT2D eigenvalue weighted by Crippen LogP contribution is 2.17. The second kappa shape index (κ2) is 6.51. The highest BCUT2D eigenvalue weighted by Gasteiger charge is 1.98. The van der Waals surface area contributed by atoms with Gasteiger partial charge in [0.05, 0.1) is 12.2 Å². The fraction of sp³-hybridized carbons (Fsp3) is 0.176. The van der Waals surface area contributed by atoms with Crippen LogP contribution in [-0.2, 0) is 0 Å². The van der Waals surface area contributed by atoms with Crippen molar-refractivity contribution in [2.24, 2.45) is 0 Å². The summed E-state index contributed by atoms with van der Waals surface area (Å²) in [4.78, 5) is 0. The van der Waals surface area contributed by atoms with Crippen LogP contribution < -0.4 is 10.5 Å². The molecule has 0 bridgehead atoms. The van der Waals surface area contributed by atoms with Gasteiger partial charge in [-0.05, 0) is 36.8 Å². The van der Waals surface area contributed by atoms with Crippen molar-refractivity contribution in [3.8, 4) is 17.6 Å². The maximum atomic E-state index is 5.73. The summed E-state index contributed by atoms with van der Waals surface area (Å²) in [5.41, 5.74) is 8.26. The molecule has 0 aliphatic rings. The number of hydrogen-bond acceptors (Lipinski definition) is 2. The number of ether oxygens (including phenoxy) is 1. The Kier molecular flexibility index (Phi) is 4.47. The standard InChI is InChI=1S/C17H17NO/c1-2-12-19-17-9-4-3-7-15(17)11-10-14-6-5-8-16(18)13-14/h3-9,13H,2,12,18H2,1H3. The molecule has 2 heteroatoms. The molecule has 2 N–H and O–H groups in total. The first-order valence-electron chi connectivity index (χ1n) is 6.39. The molecule has 0 spiro atoms. The van der Waals surface area contributed by atoms with Crippen LogP contribution in [0.25, 0.3) is 0 Å². The highest BCUT2D eigenvalue weighted by atomic mass is 16.5. The molecule has 2 aromatic rings. The molecule has 0 aliphatic heterocycles. The molecule has 0 saturated heterocycles. The van der Waals surface area contributed by atoms with Crippen LogP contribution in [0.15, 0.2) is 48.5 Å². The highest BCUT2D eigenvalue weighted by molar-refractivity contribution is 5.52. The molecule has 96 valence electrons. The van der Waals surface area contributed by atoms with E-state index in [2.05, 4.69) is 18.8 Å². The number of nitrogen functional groups attached to an aromatic ring is 1.